The van der Waals surface area contributed by atoms with Crippen molar-refractivity contribution in [1.82, 2.24) is 15.1 Å². The zero-order chi connectivity index (χ0) is 27.1. The number of aliphatic hydroxyl groups excluding tert-OH is 1. The summed E-state index contributed by atoms with van der Waals surface area (Å²) in [7, 11) is 0. The number of amides is 2. The standard InChI is InChI=1S/C29H41N3O6/c1-3-21-10-11-23-25(24(21)29(36)38-4-2)28(35)32(22(19-33)18-20-8-6-5-7-9-20)26(23)27(34)30-12-13-31-14-16-37-17-15-31/h5-11,21-26,33H,3-4,12-19H2,1-2H3,(H,30,34)/t21-,22-,23+,24-,25+,26+/m1/s1. The highest BCUT2D eigenvalue weighted by atomic mass is 16.5. The molecule has 0 bridgehead atoms. The Morgan fingerprint density at radius 3 is 2.55 bits per heavy atom. The molecule has 3 aliphatic rings. The van der Waals surface area contributed by atoms with Gasteiger partial charge in [-0.05, 0) is 31.2 Å². The molecule has 38 heavy (non-hydrogen) atoms. The fourth-order valence-corrected chi connectivity index (χ4v) is 6.19. The maximum atomic E-state index is 14.1. The topological polar surface area (TPSA) is 108 Å². The van der Waals surface area contributed by atoms with E-state index in [1.807, 2.05) is 49.4 Å². The number of likely N-dealkylation sites (tertiary alicyclic amines) is 1. The number of morpholine rings is 1. The number of nitrogens with one attached hydrogen (secondary N) is 1. The molecule has 9 nitrogen and oxygen atoms in total. The van der Waals surface area contributed by atoms with Crippen LogP contribution in [0.5, 0.6) is 0 Å². The van der Waals surface area contributed by atoms with Crippen LogP contribution >= 0.6 is 0 Å². The Morgan fingerprint density at radius 1 is 1.16 bits per heavy atom. The van der Waals surface area contributed by atoms with Gasteiger partial charge >= 0.3 is 5.97 Å². The van der Waals surface area contributed by atoms with Crippen LogP contribution in [-0.2, 0) is 30.3 Å². The van der Waals surface area contributed by atoms with Crippen LogP contribution in [0.1, 0.15) is 25.8 Å². The Kier molecular flexibility index (Phi) is 9.93. The van der Waals surface area contributed by atoms with E-state index in [2.05, 4.69) is 10.2 Å². The molecule has 2 N–H and O–H groups in total. The van der Waals surface area contributed by atoms with Crippen LogP contribution in [0.15, 0.2) is 42.5 Å². The molecule has 208 valence electrons. The van der Waals surface area contributed by atoms with Crippen LogP contribution in [0.2, 0.25) is 0 Å². The molecule has 0 spiro atoms. The zero-order valence-electron chi connectivity index (χ0n) is 22.5. The van der Waals surface area contributed by atoms with Crippen molar-refractivity contribution in [1.29, 1.82) is 0 Å². The summed E-state index contributed by atoms with van der Waals surface area (Å²) < 4.78 is 10.8. The molecule has 1 aliphatic carbocycles. The number of ether oxygens (including phenoxy) is 2. The van der Waals surface area contributed by atoms with E-state index in [9.17, 15) is 19.5 Å². The molecular formula is C29H41N3O6. The SMILES string of the molecule is CCOC(=O)[C@H]1[C@H]2C(=O)N([C@@H](CO)Cc3ccccc3)[C@H](C(=O)NCCN3CCOCC3)[C@H]2C=C[C@H]1CC. The van der Waals surface area contributed by atoms with Gasteiger partial charge in [0.05, 0.1) is 44.3 Å². The Hall–Kier alpha value is -2.75. The molecular weight excluding hydrogens is 486 g/mol. The third-order valence-corrected chi connectivity index (χ3v) is 8.10. The molecule has 0 aromatic heterocycles. The molecule has 0 saturated carbocycles. The van der Waals surface area contributed by atoms with Gasteiger partial charge in [0.25, 0.3) is 0 Å². The van der Waals surface area contributed by atoms with Crippen LogP contribution in [-0.4, -0.2) is 97.4 Å². The number of rotatable bonds is 11. The van der Waals surface area contributed by atoms with Gasteiger partial charge in [-0.15, -0.1) is 0 Å². The molecule has 2 saturated heterocycles. The van der Waals surface area contributed by atoms with Crippen molar-refractivity contribution in [2.24, 2.45) is 23.7 Å². The average Bonchev–Trinajstić information content (AvgIpc) is 3.24. The predicted octanol–water partition coefficient (Wildman–Crippen LogP) is 1.26. The molecule has 2 heterocycles. The summed E-state index contributed by atoms with van der Waals surface area (Å²) in [5.41, 5.74) is 0.963. The minimum atomic E-state index is -0.816. The van der Waals surface area contributed by atoms with Crippen LogP contribution in [0.25, 0.3) is 0 Å². The second kappa shape index (κ2) is 13.4. The first-order chi connectivity index (χ1) is 18.5. The van der Waals surface area contributed by atoms with Gasteiger partial charge in [-0.2, -0.15) is 0 Å². The molecule has 2 aliphatic heterocycles. The van der Waals surface area contributed by atoms with E-state index < -0.39 is 35.8 Å². The van der Waals surface area contributed by atoms with E-state index in [-0.39, 0.29) is 30.9 Å². The van der Waals surface area contributed by atoms with Crippen molar-refractivity contribution in [2.75, 3.05) is 52.6 Å². The summed E-state index contributed by atoms with van der Waals surface area (Å²) in [4.78, 5) is 44.8. The molecule has 4 rings (SSSR count). The van der Waals surface area contributed by atoms with E-state index in [0.29, 0.717) is 39.1 Å². The summed E-state index contributed by atoms with van der Waals surface area (Å²) in [5, 5.41) is 13.5. The Labute approximate surface area is 225 Å². The lowest BCUT2D eigenvalue weighted by Crippen LogP contribution is -2.54. The number of allylic oxidation sites excluding steroid dienone is 1. The third-order valence-electron chi connectivity index (χ3n) is 8.10. The number of esters is 1. The lowest BCUT2D eigenvalue weighted by molar-refractivity contribution is -0.156. The highest BCUT2D eigenvalue weighted by molar-refractivity contribution is 5.96. The lowest BCUT2D eigenvalue weighted by atomic mass is 9.69. The minimum absolute atomic E-state index is 0.147. The molecule has 2 fully saturated rings. The van der Waals surface area contributed by atoms with Crippen molar-refractivity contribution < 1.29 is 29.0 Å². The smallest absolute Gasteiger partial charge is 0.310 e. The average molecular weight is 528 g/mol. The number of hydrogen-bond donors (Lipinski definition) is 2. The minimum Gasteiger partial charge on any atom is -0.466 e. The molecule has 1 aromatic carbocycles. The molecule has 0 unspecified atom stereocenters. The summed E-state index contributed by atoms with van der Waals surface area (Å²) >= 11 is 0. The lowest BCUT2D eigenvalue weighted by Gasteiger charge is -2.34. The molecule has 9 heteroatoms. The summed E-state index contributed by atoms with van der Waals surface area (Å²) in [6.45, 7) is 7.81. The van der Waals surface area contributed by atoms with Crippen molar-refractivity contribution in [2.45, 2.75) is 38.8 Å². The first-order valence-corrected chi connectivity index (χ1v) is 13.9. The van der Waals surface area contributed by atoms with Gasteiger partial charge in [0, 0.05) is 32.1 Å². The monoisotopic (exact) mass is 527 g/mol. The first kappa shape index (κ1) is 28.3. The molecule has 1 aromatic rings. The van der Waals surface area contributed by atoms with Gasteiger partial charge in [-0.25, -0.2) is 0 Å². The van der Waals surface area contributed by atoms with Crippen molar-refractivity contribution in [3.8, 4) is 0 Å². The molecule has 2 amide bonds. The number of aliphatic hydroxyl groups is 1. The maximum absolute atomic E-state index is 14.1. The molecule has 0 radical (unpaired) electrons. The third kappa shape index (κ3) is 6.11. The van der Waals surface area contributed by atoms with Crippen molar-refractivity contribution >= 4 is 17.8 Å². The van der Waals surface area contributed by atoms with Crippen molar-refractivity contribution in [3.05, 3.63) is 48.0 Å². The van der Waals surface area contributed by atoms with Crippen LogP contribution in [0.4, 0.5) is 0 Å². The summed E-state index contributed by atoms with van der Waals surface area (Å²) in [6.07, 6.45) is 5.00. The van der Waals surface area contributed by atoms with Crippen LogP contribution in [0, 0.1) is 23.7 Å². The van der Waals surface area contributed by atoms with Crippen LogP contribution in [0.3, 0.4) is 0 Å². The zero-order valence-corrected chi connectivity index (χ0v) is 22.5. The van der Waals surface area contributed by atoms with Gasteiger partial charge in [0.15, 0.2) is 0 Å². The van der Waals surface area contributed by atoms with E-state index in [4.69, 9.17) is 9.47 Å². The molecule has 6 atom stereocenters. The second-order valence-corrected chi connectivity index (χ2v) is 10.3. The summed E-state index contributed by atoms with van der Waals surface area (Å²) in [5.74, 6) is -2.91. The van der Waals surface area contributed by atoms with E-state index >= 15 is 0 Å². The van der Waals surface area contributed by atoms with Gasteiger partial charge in [-0.1, -0.05) is 49.4 Å². The fourth-order valence-electron chi connectivity index (χ4n) is 6.19. The Bertz CT molecular complexity index is 980. The quantitative estimate of drug-likeness (QED) is 0.329. The van der Waals surface area contributed by atoms with E-state index in [1.165, 1.54) is 0 Å². The van der Waals surface area contributed by atoms with Crippen molar-refractivity contribution in [3.63, 3.8) is 0 Å². The number of carbonyl (C=O) groups is 3. The number of hydrogen-bond acceptors (Lipinski definition) is 7. The first-order valence-electron chi connectivity index (χ1n) is 13.9. The number of carbonyl (C=O) groups excluding carboxylic acids is 3. The van der Waals surface area contributed by atoms with Gasteiger partial charge in [0.2, 0.25) is 11.8 Å². The maximum Gasteiger partial charge on any atom is 0.310 e. The Balaban J connectivity index is 1.62. The van der Waals surface area contributed by atoms with Gasteiger partial charge in [-0.3, -0.25) is 19.3 Å². The second-order valence-electron chi connectivity index (χ2n) is 10.3. The van der Waals surface area contributed by atoms with Gasteiger partial charge < -0.3 is 24.8 Å². The Morgan fingerprint density at radius 2 is 1.89 bits per heavy atom. The van der Waals surface area contributed by atoms with Gasteiger partial charge in [0.1, 0.15) is 6.04 Å². The van der Waals surface area contributed by atoms with Crippen LogP contribution < -0.4 is 5.32 Å². The highest BCUT2D eigenvalue weighted by Gasteiger charge is 2.58. The summed E-state index contributed by atoms with van der Waals surface area (Å²) in [6, 6.07) is 8.22. The normalized spacial score (nSPS) is 28.1. The highest BCUT2D eigenvalue weighted by Crippen LogP contribution is 2.46. The van der Waals surface area contributed by atoms with E-state index in [1.54, 1.807) is 11.8 Å². The largest absolute Gasteiger partial charge is 0.466 e. The number of nitrogens with zero attached hydrogens (tertiary/aromatic N) is 2. The number of fused-ring (bicyclic) bond motifs is 1. The number of benzene rings is 1. The van der Waals surface area contributed by atoms with E-state index in [0.717, 1.165) is 18.7 Å². The fraction of sp³-hybridized carbons (Fsp3) is 0.621. The predicted molar refractivity (Wildman–Crippen MR) is 142 cm³/mol.